The van der Waals surface area contributed by atoms with Crippen molar-refractivity contribution in [2.24, 2.45) is 0 Å². The molecular weight excluding hydrogens is 308 g/mol. The second-order valence-corrected chi connectivity index (χ2v) is 5.83. The number of rotatable bonds is 5. The van der Waals surface area contributed by atoms with Gasteiger partial charge in [0.25, 0.3) is 0 Å². The number of carbonyl (C=O) groups is 1. The van der Waals surface area contributed by atoms with Crippen LogP contribution >= 0.6 is 23.4 Å². The Morgan fingerprint density at radius 3 is 2.52 bits per heavy atom. The molecule has 21 heavy (non-hydrogen) atoms. The number of methoxy groups -OCH3 is 1. The van der Waals surface area contributed by atoms with Crippen molar-refractivity contribution in [2.45, 2.75) is 11.8 Å². The average molecular weight is 323 g/mol. The van der Waals surface area contributed by atoms with E-state index < -0.39 is 0 Å². The van der Waals surface area contributed by atoms with Gasteiger partial charge in [-0.2, -0.15) is 0 Å². The topological polar surface area (TPSA) is 35.5 Å². The normalized spacial score (nSPS) is 10.2. The Hall–Kier alpha value is -1.65. The van der Waals surface area contributed by atoms with Crippen molar-refractivity contribution in [3.05, 3.63) is 53.1 Å². The molecule has 0 heterocycles. The van der Waals surface area contributed by atoms with Crippen LogP contribution in [0.25, 0.3) is 0 Å². The predicted octanol–water partition coefficient (Wildman–Crippen LogP) is 4.35. The SMILES string of the molecule is COc1ccc(SCC(=O)Oc2ccc(Cl)cc2C)cc1. The number of thioether (sulfide) groups is 1. The molecule has 0 atom stereocenters. The minimum absolute atomic E-state index is 0.244. The highest BCUT2D eigenvalue weighted by molar-refractivity contribution is 8.00. The number of ether oxygens (including phenoxy) is 2. The molecule has 0 amide bonds. The highest BCUT2D eigenvalue weighted by atomic mass is 35.5. The lowest BCUT2D eigenvalue weighted by Crippen LogP contribution is -2.11. The van der Waals surface area contributed by atoms with E-state index in [9.17, 15) is 4.79 Å². The molecule has 3 nitrogen and oxygen atoms in total. The smallest absolute Gasteiger partial charge is 0.321 e. The van der Waals surface area contributed by atoms with E-state index in [-0.39, 0.29) is 11.7 Å². The van der Waals surface area contributed by atoms with Crippen LogP contribution in [0.4, 0.5) is 0 Å². The van der Waals surface area contributed by atoms with Gasteiger partial charge in [0.15, 0.2) is 0 Å². The number of aryl methyl sites for hydroxylation is 1. The van der Waals surface area contributed by atoms with Crippen molar-refractivity contribution in [2.75, 3.05) is 12.9 Å². The van der Waals surface area contributed by atoms with E-state index in [1.807, 2.05) is 31.2 Å². The number of esters is 1. The third-order valence-corrected chi connectivity index (χ3v) is 4.00. The summed E-state index contributed by atoms with van der Waals surface area (Å²) in [5, 5.41) is 0.625. The van der Waals surface area contributed by atoms with Gasteiger partial charge < -0.3 is 9.47 Å². The maximum absolute atomic E-state index is 11.8. The molecule has 0 aliphatic heterocycles. The van der Waals surface area contributed by atoms with Crippen LogP contribution in [0.15, 0.2) is 47.4 Å². The number of hydrogen-bond acceptors (Lipinski definition) is 4. The molecule has 0 N–H and O–H groups in total. The van der Waals surface area contributed by atoms with Gasteiger partial charge in [0.2, 0.25) is 0 Å². The van der Waals surface area contributed by atoms with Gasteiger partial charge in [-0.05, 0) is 55.0 Å². The first-order chi connectivity index (χ1) is 10.1. The van der Waals surface area contributed by atoms with Crippen LogP contribution in [-0.2, 0) is 4.79 Å². The van der Waals surface area contributed by atoms with Crippen molar-refractivity contribution < 1.29 is 14.3 Å². The van der Waals surface area contributed by atoms with Crippen LogP contribution in [-0.4, -0.2) is 18.8 Å². The molecule has 2 rings (SSSR count). The van der Waals surface area contributed by atoms with Crippen molar-refractivity contribution >= 4 is 29.3 Å². The fourth-order valence-electron chi connectivity index (χ4n) is 1.69. The Bertz CT molecular complexity index is 626. The lowest BCUT2D eigenvalue weighted by Gasteiger charge is -2.07. The van der Waals surface area contributed by atoms with E-state index in [0.717, 1.165) is 16.2 Å². The van der Waals surface area contributed by atoms with E-state index >= 15 is 0 Å². The second-order valence-electron chi connectivity index (χ2n) is 4.35. The lowest BCUT2D eigenvalue weighted by molar-refractivity contribution is -0.131. The molecule has 0 radical (unpaired) electrons. The van der Waals surface area contributed by atoms with Gasteiger partial charge in [-0.1, -0.05) is 11.6 Å². The quantitative estimate of drug-likeness (QED) is 0.465. The first-order valence-corrected chi connectivity index (χ1v) is 7.68. The van der Waals surface area contributed by atoms with Gasteiger partial charge in [0, 0.05) is 9.92 Å². The van der Waals surface area contributed by atoms with Gasteiger partial charge in [0.05, 0.1) is 12.9 Å². The van der Waals surface area contributed by atoms with Gasteiger partial charge in [0.1, 0.15) is 11.5 Å². The zero-order chi connectivity index (χ0) is 15.2. The Balaban J connectivity index is 1.89. The number of halogens is 1. The largest absolute Gasteiger partial charge is 0.497 e. The number of hydrogen-bond donors (Lipinski definition) is 0. The molecule has 0 bridgehead atoms. The standard InChI is InChI=1S/C16H15ClO3S/c1-11-9-12(17)3-8-15(11)20-16(18)10-21-14-6-4-13(19-2)5-7-14/h3-9H,10H2,1-2H3. The van der Waals surface area contributed by atoms with Crippen molar-refractivity contribution in [1.82, 2.24) is 0 Å². The molecule has 2 aromatic rings. The molecule has 0 unspecified atom stereocenters. The van der Waals surface area contributed by atoms with Gasteiger partial charge in [-0.3, -0.25) is 4.79 Å². The maximum Gasteiger partial charge on any atom is 0.321 e. The van der Waals surface area contributed by atoms with Crippen molar-refractivity contribution in [3.63, 3.8) is 0 Å². The lowest BCUT2D eigenvalue weighted by atomic mass is 10.2. The molecule has 110 valence electrons. The van der Waals surface area contributed by atoms with Crippen LogP contribution in [0.5, 0.6) is 11.5 Å². The summed E-state index contributed by atoms with van der Waals surface area (Å²) < 4.78 is 10.4. The third-order valence-electron chi connectivity index (χ3n) is 2.78. The van der Waals surface area contributed by atoms with Crippen LogP contribution in [0, 0.1) is 6.92 Å². The minimum Gasteiger partial charge on any atom is -0.497 e. The maximum atomic E-state index is 11.8. The fraction of sp³-hybridized carbons (Fsp3) is 0.188. The minimum atomic E-state index is -0.291. The summed E-state index contributed by atoms with van der Waals surface area (Å²) in [6.45, 7) is 1.85. The van der Waals surface area contributed by atoms with Crippen LogP contribution in [0.2, 0.25) is 5.02 Å². The molecule has 0 aromatic heterocycles. The summed E-state index contributed by atoms with van der Waals surface area (Å²) in [7, 11) is 1.62. The first-order valence-electron chi connectivity index (χ1n) is 6.32. The van der Waals surface area contributed by atoms with Crippen molar-refractivity contribution in [3.8, 4) is 11.5 Å². The Morgan fingerprint density at radius 2 is 1.90 bits per heavy atom. The molecular formula is C16H15ClO3S. The zero-order valence-corrected chi connectivity index (χ0v) is 13.3. The van der Waals surface area contributed by atoms with E-state index in [4.69, 9.17) is 21.1 Å². The highest BCUT2D eigenvalue weighted by Gasteiger charge is 2.08. The van der Waals surface area contributed by atoms with E-state index in [0.29, 0.717) is 10.8 Å². The molecule has 0 spiro atoms. The van der Waals surface area contributed by atoms with Crippen LogP contribution in [0.3, 0.4) is 0 Å². The summed E-state index contributed by atoms with van der Waals surface area (Å²) in [6.07, 6.45) is 0. The Labute approximate surface area is 133 Å². The zero-order valence-electron chi connectivity index (χ0n) is 11.8. The third kappa shape index (κ3) is 4.69. The molecule has 0 saturated heterocycles. The summed E-state index contributed by atoms with van der Waals surface area (Å²) in [5.41, 5.74) is 0.838. The van der Waals surface area contributed by atoms with Gasteiger partial charge in [-0.25, -0.2) is 0 Å². The molecule has 5 heteroatoms. The summed E-state index contributed by atoms with van der Waals surface area (Å²) in [5.74, 6) is 1.29. The Kier molecular flexibility index (Phi) is 5.53. The highest BCUT2D eigenvalue weighted by Crippen LogP contribution is 2.24. The van der Waals surface area contributed by atoms with E-state index in [1.165, 1.54) is 11.8 Å². The molecule has 0 aliphatic carbocycles. The molecule has 0 aliphatic rings. The monoisotopic (exact) mass is 322 g/mol. The average Bonchev–Trinajstić information content (AvgIpc) is 2.48. The summed E-state index contributed by atoms with van der Waals surface area (Å²) >= 11 is 7.28. The fourth-order valence-corrected chi connectivity index (χ4v) is 2.59. The second kappa shape index (κ2) is 7.38. The van der Waals surface area contributed by atoms with E-state index in [2.05, 4.69) is 0 Å². The molecule has 0 saturated carbocycles. The van der Waals surface area contributed by atoms with Crippen molar-refractivity contribution in [1.29, 1.82) is 0 Å². The van der Waals surface area contributed by atoms with Gasteiger partial charge in [-0.15, -0.1) is 11.8 Å². The number of carbonyl (C=O) groups excluding carboxylic acids is 1. The van der Waals surface area contributed by atoms with E-state index in [1.54, 1.807) is 25.3 Å². The summed E-state index contributed by atoms with van der Waals surface area (Å²) in [6, 6.07) is 12.7. The Morgan fingerprint density at radius 1 is 1.19 bits per heavy atom. The molecule has 0 fully saturated rings. The summed E-state index contributed by atoms with van der Waals surface area (Å²) in [4.78, 5) is 12.8. The molecule has 2 aromatic carbocycles. The predicted molar refractivity (Wildman–Crippen MR) is 85.5 cm³/mol. The first kappa shape index (κ1) is 15.7. The van der Waals surface area contributed by atoms with Gasteiger partial charge >= 0.3 is 5.97 Å². The van der Waals surface area contributed by atoms with Crippen LogP contribution in [0.1, 0.15) is 5.56 Å². The number of benzene rings is 2. The van der Waals surface area contributed by atoms with Crippen LogP contribution < -0.4 is 9.47 Å².